The van der Waals surface area contributed by atoms with Crippen molar-refractivity contribution in [3.05, 3.63) is 64.0 Å². The molecular formula is C27H28BrFN4O4. The molecule has 0 bridgehead atoms. The van der Waals surface area contributed by atoms with Crippen LogP contribution in [0.25, 0.3) is 10.9 Å². The Morgan fingerprint density at radius 2 is 2.08 bits per heavy atom. The Labute approximate surface area is 222 Å². The SMILES string of the molecule is O=C1C[C@@]2(CCN(n3nc(Br)c4c(C5CCCCO5)c(F)ccc43)C2)C(C(=O)OCc2ccccc2)N1. The van der Waals surface area contributed by atoms with Gasteiger partial charge in [-0.1, -0.05) is 30.3 Å². The number of rotatable bonds is 5. The Balaban J connectivity index is 1.26. The average Bonchev–Trinajstić information content (AvgIpc) is 3.58. The number of carbonyl (C=O) groups excluding carboxylic acids is 2. The van der Waals surface area contributed by atoms with Crippen LogP contribution in [0.3, 0.4) is 0 Å². The number of carbonyl (C=O) groups is 2. The summed E-state index contributed by atoms with van der Waals surface area (Å²) in [5, 5.41) is 10.3. The number of esters is 1. The van der Waals surface area contributed by atoms with Gasteiger partial charge in [0.25, 0.3) is 0 Å². The van der Waals surface area contributed by atoms with Crippen LogP contribution in [0, 0.1) is 11.2 Å². The van der Waals surface area contributed by atoms with Crippen molar-refractivity contribution in [2.75, 3.05) is 24.7 Å². The summed E-state index contributed by atoms with van der Waals surface area (Å²) < 4.78 is 27.1. The molecule has 8 nitrogen and oxygen atoms in total. The van der Waals surface area contributed by atoms with Crippen molar-refractivity contribution in [3.63, 3.8) is 0 Å². The first kappa shape index (κ1) is 24.4. The van der Waals surface area contributed by atoms with Crippen LogP contribution in [-0.2, 0) is 25.7 Å². The minimum absolute atomic E-state index is 0.153. The van der Waals surface area contributed by atoms with Gasteiger partial charge in [-0.15, -0.1) is 5.10 Å². The Bertz CT molecular complexity index is 1340. The van der Waals surface area contributed by atoms with Crippen molar-refractivity contribution in [2.45, 2.75) is 50.9 Å². The maximum atomic E-state index is 15.0. The van der Waals surface area contributed by atoms with Gasteiger partial charge in [0, 0.05) is 42.5 Å². The molecule has 3 atom stereocenters. The van der Waals surface area contributed by atoms with Crippen LogP contribution >= 0.6 is 15.9 Å². The van der Waals surface area contributed by atoms with E-state index < -0.39 is 17.4 Å². The first-order valence-electron chi connectivity index (χ1n) is 12.7. The lowest BCUT2D eigenvalue weighted by Gasteiger charge is -2.29. The molecule has 0 aliphatic carbocycles. The van der Waals surface area contributed by atoms with Gasteiger partial charge >= 0.3 is 5.97 Å². The van der Waals surface area contributed by atoms with Crippen LogP contribution in [0.5, 0.6) is 0 Å². The summed E-state index contributed by atoms with van der Waals surface area (Å²) in [7, 11) is 0. The summed E-state index contributed by atoms with van der Waals surface area (Å²) in [6, 6.07) is 11.9. The maximum Gasteiger partial charge on any atom is 0.329 e. The summed E-state index contributed by atoms with van der Waals surface area (Å²) in [5.41, 5.74) is 1.57. The molecule has 3 aliphatic rings. The second kappa shape index (κ2) is 9.72. The lowest BCUT2D eigenvalue weighted by atomic mass is 9.79. The van der Waals surface area contributed by atoms with Gasteiger partial charge in [0.2, 0.25) is 5.91 Å². The van der Waals surface area contributed by atoms with Gasteiger partial charge in [0.15, 0.2) is 0 Å². The Morgan fingerprint density at radius 3 is 2.86 bits per heavy atom. The van der Waals surface area contributed by atoms with Gasteiger partial charge in [-0.3, -0.25) is 9.80 Å². The number of fused-ring (bicyclic) bond motifs is 1. The largest absolute Gasteiger partial charge is 0.459 e. The van der Waals surface area contributed by atoms with E-state index in [1.807, 2.05) is 35.3 Å². The average molecular weight is 571 g/mol. The third-order valence-corrected chi connectivity index (χ3v) is 8.35. The molecule has 0 saturated carbocycles. The van der Waals surface area contributed by atoms with Crippen molar-refractivity contribution < 1.29 is 23.5 Å². The smallest absolute Gasteiger partial charge is 0.329 e. The van der Waals surface area contributed by atoms with Gasteiger partial charge in [-0.2, -0.15) is 4.79 Å². The molecule has 1 spiro atoms. The molecule has 1 amide bonds. The maximum absolute atomic E-state index is 15.0. The summed E-state index contributed by atoms with van der Waals surface area (Å²) in [5.74, 6) is -0.889. The van der Waals surface area contributed by atoms with Crippen LogP contribution in [0.2, 0.25) is 0 Å². The van der Waals surface area contributed by atoms with Gasteiger partial charge in [0.05, 0.1) is 11.6 Å². The van der Waals surface area contributed by atoms with E-state index in [9.17, 15) is 9.59 Å². The summed E-state index contributed by atoms with van der Waals surface area (Å²) >= 11 is 3.56. The first-order valence-corrected chi connectivity index (χ1v) is 13.5. The van der Waals surface area contributed by atoms with E-state index in [-0.39, 0.29) is 30.9 Å². The molecule has 4 heterocycles. The van der Waals surface area contributed by atoms with Crippen molar-refractivity contribution >= 4 is 38.7 Å². The van der Waals surface area contributed by atoms with Gasteiger partial charge in [-0.05, 0) is 59.3 Å². The number of aromatic nitrogens is 2. The molecule has 10 heteroatoms. The number of hydrogen-bond acceptors (Lipinski definition) is 6. The third-order valence-electron chi connectivity index (χ3n) is 7.80. The second-order valence-electron chi connectivity index (χ2n) is 10.2. The molecule has 3 aliphatic heterocycles. The van der Waals surface area contributed by atoms with E-state index in [4.69, 9.17) is 14.6 Å². The Hall–Kier alpha value is -2.98. The minimum atomic E-state index is -0.734. The number of nitrogens with zero attached hydrogens (tertiary/aromatic N) is 3. The van der Waals surface area contributed by atoms with Crippen molar-refractivity contribution in [3.8, 4) is 0 Å². The summed E-state index contributed by atoms with van der Waals surface area (Å²) in [6.45, 7) is 1.80. The predicted molar refractivity (Wildman–Crippen MR) is 138 cm³/mol. The van der Waals surface area contributed by atoms with Crippen LogP contribution < -0.4 is 10.3 Å². The highest BCUT2D eigenvalue weighted by Gasteiger charge is 2.55. The molecule has 0 radical (unpaired) electrons. The van der Waals surface area contributed by atoms with Crippen LogP contribution in [-0.4, -0.2) is 47.5 Å². The number of benzene rings is 2. The van der Waals surface area contributed by atoms with Gasteiger partial charge < -0.3 is 14.8 Å². The lowest BCUT2D eigenvalue weighted by Crippen LogP contribution is -2.47. The van der Waals surface area contributed by atoms with Gasteiger partial charge in [-0.25, -0.2) is 9.18 Å². The topological polar surface area (TPSA) is 85.7 Å². The molecule has 2 aromatic carbocycles. The second-order valence-corrected chi connectivity index (χ2v) is 10.9. The molecule has 6 rings (SSSR count). The highest BCUT2D eigenvalue weighted by molar-refractivity contribution is 9.10. The van der Waals surface area contributed by atoms with E-state index in [1.165, 1.54) is 6.07 Å². The fourth-order valence-corrected chi connectivity index (χ4v) is 6.54. The number of ether oxygens (including phenoxy) is 2. The molecule has 1 aromatic heterocycles. The molecule has 3 saturated heterocycles. The van der Waals surface area contributed by atoms with E-state index in [1.54, 1.807) is 10.9 Å². The lowest BCUT2D eigenvalue weighted by molar-refractivity contribution is -0.150. The van der Waals surface area contributed by atoms with Crippen LogP contribution in [0.15, 0.2) is 47.1 Å². The minimum Gasteiger partial charge on any atom is -0.459 e. The first-order chi connectivity index (χ1) is 17.9. The van der Waals surface area contributed by atoms with E-state index >= 15 is 4.39 Å². The zero-order valence-electron chi connectivity index (χ0n) is 20.3. The monoisotopic (exact) mass is 570 g/mol. The predicted octanol–water partition coefficient (Wildman–Crippen LogP) is 4.14. The Kier molecular flexibility index (Phi) is 6.40. The number of halogens is 2. The Morgan fingerprint density at radius 1 is 1.24 bits per heavy atom. The van der Waals surface area contributed by atoms with E-state index in [2.05, 4.69) is 21.2 Å². The molecule has 3 fully saturated rings. The normalized spacial score (nSPS) is 25.7. The fraction of sp³-hybridized carbons (Fsp3) is 0.444. The molecule has 2 unspecified atom stereocenters. The fourth-order valence-electron chi connectivity index (χ4n) is 5.97. The van der Waals surface area contributed by atoms with Crippen molar-refractivity contribution in [1.82, 2.24) is 15.2 Å². The summed E-state index contributed by atoms with van der Waals surface area (Å²) in [6.07, 6.45) is 3.29. The third kappa shape index (κ3) is 4.40. The molecule has 1 N–H and O–H groups in total. The molecule has 37 heavy (non-hydrogen) atoms. The van der Waals surface area contributed by atoms with Crippen LogP contribution in [0.1, 0.15) is 49.3 Å². The summed E-state index contributed by atoms with van der Waals surface area (Å²) in [4.78, 5) is 27.4. The quantitative estimate of drug-likeness (QED) is 0.464. The zero-order chi connectivity index (χ0) is 25.6. The van der Waals surface area contributed by atoms with E-state index in [0.29, 0.717) is 41.7 Å². The number of nitrogens with one attached hydrogen (secondary N) is 1. The number of amides is 1. The highest BCUT2D eigenvalue weighted by atomic mass is 79.9. The standard InChI is InChI=1S/C27H28BrFN4O4/c28-25-23-19(10-9-18(29)22(23)20-8-4-5-13-36-20)33(31-25)32-12-11-27(16-32)14-21(34)30-24(27)26(35)37-15-17-6-2-1-3-7-17/h1-3,6-7,9-10,20,24H,4-5,8,11-16H2,(H,30,34)/t20?,24?,27-/m1/s1. The van der Waals surface area contributed by atoms with Crippen LogP contribution in [0.4, 0.5) is 4.39 Å². The molecule has 194 valence electrons. The van der Waals surface area contributed by atoms with Crippen molar-refractivity contribution in [1.29, 1.82) is 0 Å². The number of hydrogen-bond donors (Lipinski definition) is 1. The zero-order valence-corrected chi connectivity index (χ0v) is 21.9. The highest BCUT2D eigenvalue weighted by Crippen LogP contribution is 2.43. The molecule has 3 aromatic rings. The van der Waals surface area contributed by atoms with E-state index in [0.717, 1.165) is 30.3 Å². The molecular weight excluding hydrogens is 543 g/mol. The van der Waals surface area contributed by atoms with Crippen molar-refractivity contribution in [2.24, 2.45) is 5.41 Å². The van der Waals surface area contributed by atoms with Gasteiger partial charge in [0.1, 0.15) is 23.1 Å².